The lowest BCUT2D eigenvalue weighted by Crippen LogP contribution is -2.50. The van der Waals surface area contributed by atoms with Crippen LogP contribution < -0.4 is 4.90 Å². The third-order valence-electron chi connectivity index (χ3n) is 2.98. The molecule has 0 saturated carbocycles. The summed E-state index contributed by atoms with van der Waals surface area (Å²) >= 11 is 1.62. The molecule has 0 unspecified atom stereocenters. The highest BCUT2D eigenvalue weighted by Gasteiger charge is 2.33. The fraction of sp³-hybridized carbons (Fsp3) is 0.250. The molecule has 0 radical (unpaired) electrons. The van der Waals surface area contributed by atoms with Gasteiger partial charge in [0.25, 0.3) is 0 Å². The van der Waals surface area contributed by atoms with Gasteiger partial charge in [-0.2, -0.15) is 0 Å². The normalized spacial score (nSPS) is 15.4. The van der Waals surface area contributed by atoms with E-state index in [1.165, 1.54) is 6.33 Å². The fourth-order valence-electron chi connectivity index (χ4n) is 1.90. The molecule has 2 aromatic heterocycles. The number of carbonyl (C=O) groups is 1. The number of rotatable bonds is 3. The summed E-state index contributed by atoms with van der Waals surface area (Å²) in [6.45, 7) is 1.05. The van der Waals surface area contributed by atoms with Gasteiger partial charge in [0.05, 0.1) is 16.5 Å². The van der Waals surface area contributed by atoms with Gasteiger partial charge in [-0.25, -0.2) is 9.97 Å². The molecule has 1 fully saturated rings. The SMILES string of the molecule is O=C(O)C1CN(c2cc(-c3cccs3)ncn2)C1. The molecular formula is C12H11N3O2S. The van der Waals surface area contributed by atoms with E-state index in [0.29, 0.717) is 13.1 Å². The maximum absolute atomic E-state index is 10.8. The van der Waals surface area contributed by atoms with Crippen LogP contribution in [0.3, 0.4) is 0 Å². The van der Waals surface area contributed by atoms with Crippen molar-refractivity contribution in [2.75, 3.05) is 18.0 Å². The highest BCUT2D eigenvalue weighted by Crippen LogP contribution is 2.28. The van der Waals surface area contributed by atoms with Crippen LogP contribution in [0.5, 0.6) is 0 Å². The lowest BCUT2D eigenvalue weighted by Gasteiger charge is -2.37. The van der Waals surface area contributed by atoms with Gasteiger partial charge in [-0.3, -0.25) is 4.79 Å². The van der Waals surface area contributed by atoms with E-state index >= 15 is 0 Å². The van der Waals surface area contributed by atoms with Gasteiger partial charge < -0.3 is 10.0 Å². The van der Waals surface area contributed by atoms with Gasteiger partial charge in [0.1, 0.15) is 12.1 Å². The first kappa shape index (κ1) is 11.2. The Morgan fingerprint density at radius 1 is 1.44 bits per heavy atom. The molecule has 0 atom stereocenters. The summed E-state index contributed by atoms with van der Waals surface area (Å²) in [6.07, 6.45) is 1.53. The predicted molar refractivity (Wildman–Crippen MR) is 68.7 cm³/mol. The summed E-state index contributed by atoms with van der Waals surface area (Å²) < 4.78 is 0. The van der Waals surface area contributed by atoms with Crippen molar-refractivity contribution in [3.63, 3.8) is 0 Å². The van der Waals surface area contributed by atoms with Crippen LogP contribution in [-0.4, -0.2) is 34.1 Å². The van der Waals surface area contributed by atoms with E-state index in [-0.39, 0.29) is 5.92 Å². The number of aromatic nitrogens is 2. The summed E-state index contributed by atoms with van der Waals surface area (Å²) in [5.41, 5.74) is 0.883. The highest BCUT2D eigenvalue weighted by atomic mass is 32.1. The van der Waals surface area contributed by atoms with Gasteiger partial charge in [0, 0.05) is 19.2 Å². The van der Waals surface area contributed by atoms with Crippen molar-refractivity contribution in [2.45, 2.75) is 0 Å². The molecular weight excluding hydrogens is 250 g/mol. The second-order valence-electron chi connectivity index (χ2n) is 4.18. The number of carboxylic acids is 1. The molecule has 0 bridgehead atoms. The number of hydrogen-bond donors (Lipinski definition) is 1. The quantitative estimate of drug-likeness (QED) is 0.911. The molecule has 6 heteroatoms. The smallest absolute Gasteiger partial charge is 0.310 e. The second-order valence-corrected chi connectivity index (χ2v) is 5.13. The molecule has 18 heavy (non-hydrogen) atoms. The van der Waals surface area contributed by atoms with Crippen LogP contribution in [0.2, 0.25) is 0 Å². The number of thiophene rings is 1. The lowest BCUT2D eigenvalue weighted by molar-refractivity contribution is -0.142. The highest BCUT2D eigenvalue weighted by molar-refractivity contribution is 7.13. The van der Waals surface area contributed by atoms with Crippen LogP contribution in [-0.2, 0) is 4.79 Å². The van der Waals surface area contributed by atoms with Crippen molar-refractivity contribution in [1.82, 2.24) is 9.97 Å². The third kappa shape index (κ3) is 1.95. The maximum Gasteiger partial charge on any atom is 0.310 e. The first-order chi connectivity index (χ1) is 8.74. The van der Waals surface area contributed by atoms with E-state index < -0.39 is 5.97 Å². The van der Waals surface area contributed by atoms with E-state index in [1.807, 2.05) is 28.5 Å². The molecule has 0 aromatic carbocycles. The van der Waals surface area contributed by atoms with Gasteiger partial charge in [0.15, 0.2) is 0 Å². The van der Waals surface area contributed by atoms with E-state index in [2.05, 4.69) is 9.97 Å². The molecule has 0 aliphatic carbocycles. The molecule has 3 rings (SSSR count). The van der Waals surface area contributed by atoms with Crippen molar-refractivity contribution in [1.29, 1.82) is 0 Å². The van der Waals surface area contributed by atoms with Crippen molar-refractivity contribution < 1.29 is 9.90 Å². The first-order valence-corrected chi connectivity index (χ1v) is 6.45. The third-order valence-corrected chi connectivity index (χ3v) is 3.87. The van der Waals surface area contributed by atoms with Gasteiger partial charge in [0.2, 0.25) is 0 Å². The Morgan fingerprint density at radius 3 is 2.94 bits per heavy atom. The van der Waals surface area contributed by atoms with Crippen molar-refractivity contribution in [2.24, 2.45) is 5.92 Å². The topological polar surface area (TPSA) is 66.3 Å². The number of nitrogens with zero attached hydrogens (tertiary/aromatic N) is 3. The molecule has 92 valence electrons. The summed E-state index contributed by atoms with van der Waals surface area (Å²) in [5.74, 6) is -0.213. The Bertz CT molecular complexity index is 564. The van der Waals surface area contributed by atoms with Crippen molar-refractivity contribution in [3.05, 3.63) is 29.9 Å². The van der Waals surface area contributed by atoms with Crippen LogP contribution in [0.15, 0.2) is 29.9 Å². The van der Waals surface area contributed by atoms with Crippen LogP contribution in [0.4, 0.5) is 5.82 Å². The zero-order valence-corrected chi connectivity index (χ0v) is 10.3. The summed E-state index contributed by atoms with van der Waals surface area (Å²) in [6, 6.07) is 5.89. The minimum Gasteiger partial charge on any atom is -0.481 e. The van der Waals surface area contributed by atoms with Crippen molar-refractivity contribution in [3.8, 4) is 10.6 Å². The van der Waals surface area contributed by atoms with Crippen LogP contribution in [0, 0.1) is 5.92 Å². The largest absolute Gasteiger partial charge is 0.481 e. The van der Waals surface area contributed by atoms with Gasteiger partial charge in [-0.15, -0.1) is 11.3 Å². The molecule has 1 aliphatic rings. The number of aliphatic carboxylic acids is 1. The van der Waals surface area contributed by atoms with Crippen LogP contribution >= 0.6 is 11.3 Å². The Labute approximate surface area is 108 Å². The maximum atomic E-state index is 10.8. The number of hydrogen-bond acceptors (Lipinski definition) is 5. The minimum absolute atomic E-state index is 0.273. The summed E-state index contributed by atoms with van der Waals surface area (Å²) in [5, 5.41) is 10.8. The fourth-order valence-corrected chi connectivity index (χ4v) is 2.59. The molecule has 0 amide bonds. The van der Waals surface area contributed by atoms with Crippen molar-refractivity contribution >= 4 is 23.1 Å². The average molecular weight is 261 g/mol. The Hall–Kier alpha value is -1.95. The molecule has 0 spiro atoms. The molecule has 1 aliphatic heterocycles. The number of carboxylic acid groups (broad SMARTS) is 1. The average Bonchev–Trinajstić information content (AvgIpc) is 2.80. The molecule has 1 saturated heterocycles. The molecule has 1 N–H and O–H groups in total. The zero-order chi connectivity index (χ0) is 12.5. The number of anilines is 1. The Morgan fingerprint density at radius 2 is 2.28 bits per heavy atom. The lowest BCUT2D eigenvalue weighted by atomic mass is 10.0. The molecule has 3 heterocycles. The van der Waals surface area contributed by atoms with Crippen LogP contribution in [0.1, 0.15) is 0 Å². The molecule has 2 aromatic rings. The standard InChI is InChI=1S/C12H11N3O2S/c16-12(17)8-5-15(6-8)11-4-9(13-7-14-11)10-2-1-3-18-10/h1-4,7-8H,5-6H2,(H,16,17). The summed E-state index contributed by atoms with van der Waals surface area (Å²) in [4.78, 5) is 22.2. The van der Waals surface area contributed by atoms with Gasteiger partial charge in [-0.1, -0.05) is 6.07 Å². The predicted octanol–water partition coefficient (Wildman–Crippen LogP) is 1.73. The summed E-state index contributed by atoms with van der Waals surface area (Å²) in [7, 11) is 0. The minimum atomic E-state index is -0.737. The molecule has 5 nitrogen and oxygen atoms in total. The zero-order valence-electron chi connectivity index (χ0n) is 9.48. The second kappa shape index (κ2) is 4.38. The first-order valence-electron chi connectivity index (χ1n) is 5.58. The van der Waals surface area contributed by atoms with Crippen LogP contribution in [0.25, 0.3) is 10.6 Å². The van der Waals surface area contributed by atoms with E-state index in [0.717, 1.165) is 16.4 Å². The van der Waals surface area contributed by atoms with E-state index in [9.17, 15) is 4.79 Å². The van der Waals surface area contributed by atoms with Gasteiger partial charge in [-0.05, 0) is 11.4 Å². The van der Waals surface area contributed by atoms with E-state index in [1.54, 1.807) is 11.3 Å². The van der Waals surface area contributed by atoms with Gasteiger partial charge >= 0.3 is 5.97 Å². The monoisotopic (exact) mass is 261 g/mol. The Kier molecular flexibility index (Phi) is 2.71. The Balaban J connectivity index is 1.79. The van der Waals surface area contributed by atoms with E-state index in [4.69, 9.17) is 5.11 Å².